The van der Waals surface area contributed by atoms with E-state index in [1.807, 2.05) is 0 Å². The Hall–Kier alpha value is -2.64. The van der Waals surface area contributed by atoms with E-state index >= 15 is 0 Å². The van der Waals surface area contributed by atoms with Crippen LogP contribution in [-0.4, -0.2) is 37.1 Å². The molecule has 0 amide bonds. The molecule has 0 aliphatic heterocycles. The molecule has 0 aliphatic rings. The average molecular weight is 256 g/mol. The summed E-state index contributed by atoms with van der Waals surface area (Å²) in [6.45, 7) is -0.609. The van der Waals surface area contributed by atoms with Crippen LogP contribution in [0.25, 0.3) is 0 Å². The Kier molecular flexibility index (Phi) is 7.26. The number of rotatable bonds is 7. The molecule has 0 saturated heterocycles. The van der Waals surface area contributed by atoms with Gasteiger partial charge in [0.25, 0.3) is 0 Å². The van der Waals surface area contributed by atoms with Gasteiger partial charge in [0.05, 0.1) is 11.9 Å². The highest BCUT2D eigenvalue weighted by Gasteiger charge is 1.99. The summed E-state index contributed by atoms with van der Waals surface area (Å²) < 4.78 is 8.84. The van der Waals surface area contributed by atoms with E-state index in [1.165, 1.54) is 0 Å². The Morgan fingerprint density at radius 1 is 0.722 bits per heavy atom. The molecule has 98 valence electrons. The lowest BCUT2D eigenvalue weighted by Gasteiger charge is -2.02. The molecule has 0 saturated carbocycles. The lowest BCUT2D eigenvalue weighted by Crippen LogP contribution is -2.20. The van der Waals surface area contributed by atoms with Crippen molar-refractivity contribution in [3.05, 3.63) is 24.3 Å². The molecule has 0 atom stereocenters. The molecular weight excluding hydrogens is 248 g/mol. The highest BCUT2D eigenvalue weighted by molar-refractivity contribution is 5.90. The van der Waals surface area contributed by atoms with E-state index in [9.17, 15) is 29.4 Å². The van der Waals surface area contributed by atoms with Crippen LogP contribution in [0.3, 0.4) is 0 Å². The standard InChI is InChI=1S/C10H10O8/c11-7(12)1-3-9(15)17-5-6-18-10(16)4-2-8(13)14/h1-4H,5-6H2,(H,11,12)(H,13,14)/p-2. The van der Waals surface area contributed by atoms with Gasteiger partial charge in [-0.25, -0.2) is 9.59 Å². The first kappa shape index (κ1) is 15.4. The van der Waals surface area contributed by atoms with E-state index in [0.717, 1.165) is 0 Å². The van der Waals surface area contributed by atoms with Crippen molar-refractivity contribution in [1.82, 2.24) is 0 Å². The summed E-state index contributed by atoms with van der Waals surface area (Å²) in [5.41, 5.74) is 0. The van der Waals surface area contributed by atoms with Crippen LogP contribution in [0, 0.1) is 0 Å². The number of esters is 2. The summed E-state index contributed by atoms with van der Waals surface area (Å²) in [4.78, 5) is 41.4. The normalized spacial score (nSPS) is 10.4. The number of ether oxygens (including phenoxy) is 2. The van der Waals surface area contributed by atoms with Crippen molar-refractivity contribution >= 4 is 23.9 Å². The second-order valence-electron chi connectivity index (χ2n) is 2.64. The van der Waals surface area contributed by atoms with E-state index in [1.54, 1.807) is 0 Å². The Morgan fingerprint density at radius 3 is 1.33 bits per heavy atom. The molecule has 0 aliphatic carbocycles. The summed E-state index contributed by atoms with van der Waals surface area (Å²) in [6, 6.07) is 0. The zero-order chi connectivity index (χ0) is 14.0. The first-order valence-electron chi connectivity index (χ1n) is 4.53. The van der Waals surface area contributed by atoms with Gasteiger partial charge >= 0.3 is 11.9 Å². The maximum atomic E-state index is 10.8. The zero-order valence-electron chi connectivity index (χ0n) is 8.99. The Morgan fingerprint density at radius 2 is 1.06 bits per heavy atom. The third kappa shape index (κ3) is 9.90. The van der Waals surface area contributed by atoms with E-state index in [2.05, 4.69) is 9.47 Å². The fourth-order valence-electron chi connectivity index (χ4n) is 0.653. The lowest BCUT2D eigenvalue weighted by atomic mass is 10.5. The molecule has 0 unspecified atom stereocenters. The minimum absolute atomic E-state index is 0.304. The summed E-state index contributed by atoms with van der Waals surface area (Å²) >= 11 is 0. The van der Waals surface area contributed by atoms with Crippen LogP contribution >= 0.6 is 0 Å². The molecule has 0 fully saturated rings. The molecule has 0 spiro atoms. The molecule has 0 heterocycles. The Labute approximate surface area is 101 Å². The molecule has 8 nitrogen and oxygen atoms in total. The van der Waals surface area contributed by atoms with Gasteiger partial charge in [-0.15, -0.1) is 0 Å². The van der Waals surface area contributed by atoms with Crippen LogP contribution in [0.1, 0.15) is 0 Å². The Bertz CT molecular complexity index is 355. The molecule has 0 aromatic carbocycles. The number of carboxylic acids is 2. The van der Waals surface area contributed by atoms with Crippen LogP contribution < -0.4 is 10.2 Å². The highest BCUT2D eigenvalue weighted by Crippen LogP contribution is 1.85. The maximum Gasteiger partial charge on any atom is 0.330 e. The average Bonchev–Trinajstić information content (AvgIpc) is 2.29. The summed E-state index contributed by atoms with van der Waals surface area (Å²) in [5, 5.41) is 19.8. The molecule has 0 N–H and O–H groups in total. The number of carboxylic acid groups (broad SMARTS) is 2. The van der Waals surface area contributed by atoms with Crippen LogP contribution in [0.15, 0.2) is 24.3 Å². The summed E-state index contributed by atoms with van der Waals surface area (Å²) in [5.74, 6) is -4.99. The topological polar surface area (TPSA) is 133 Å². The van der Waals surface area contributed by atoms with Crippen molar-refractivity contribution in [2.75, 3.05) is 13.2 Å². The van der Waals surface area contributed by atoms with Gasteiger partial charge < -0.3 is 29.3 Å². The van der Waals surface area contributed by atoms with Crippen molar-refractivity contribution in [2.45, 2.75) is 0 Å². The largest absolute Gasteiger partial charge is 0.545 e. The number of aliphatic carboxylic acids is 2. The minimum Gasteiger partial charge on any atom is -0.545 e. The van der Waals surface area contributed by atoms with E-state index in [-0.39, 0.29) is 13.2 Å². The van der Waals surface area contributed by atoms with Gasteiger partial charge in [-0.2, -0.15) is 0 Å². The summed E-state index contributed by atoms with van der Waals surface area (Å²) in [7, 11) is 0. The Balaban J connectivity index is 3.74. The van der Waals surface area contributed by atoms with Gasteiger partial charge in [-0.05, 0) is 12.2 Å². The fraction of sp³-hybridized carbons (Fsp3) is 0.200. The first-order chi connectivity index (χ1) is 8.41. The van der Waals surface area contributed by atoms with Crippen molar-refractivity contribution in [3.63, 3.8) is 0 Å². The molecule has 0 aromatic rings. The molecule has 0 radical (unpaired) electrons. The van der Waals surface area contributed by atoms with Crippen molar-refractivity contribution in [2.24, 2.45) is 0 Å². The van der Waals surface area contributed by atoms with Gasteiger partial charge in [0.2, 0.25) is 0 Å². The zero-order valence-corrected chi connectivity index (χ0v) is 8.99. The smallest absolute Gasteiger partial charge is 0.330 e. The number of hydrogen-bond acceptors (Lipinski definition) is 8. The maximum absolute atomic E-state index is 10.8. The third-order valence-corrected chi connectivity index (χ3v) is 1.28. The van der Waals surface area contributed by atoms with Gasteiger partial charge in [0, 0.05) is 12.2 Å². The minimum atomic E-state index is -1.55. The van der Waals surface area contributed by atoms with Gasteiger partial charge in [-0.3, -0.25) is 0 Å². The van der Waals surface area contributed by atoms with Crippen LogP contribution in [0.4, 0.5) is 0 Å². The fourth-order valence-corrected chi connectivity index (χ4v) is 0.653. The van der Waals surface area contributed by atoms with Gasteiger partial charge in [0.1, 0.15) is 13.2 Å². The first-order valence-corrected chi connectivity index (χ1v) is 4.53. The predicted octanol–water partition coefficient (Wildman–Crippen LogP) is -3.31. The lowest BCUT2D eigenvalue weighted by molar-refractivity contribution is -0.298. The van der Waals surface area contributed by atoms with Crippen molar-refractivity contribution in [1.29, 1.82) is 0 Å². The molecule has 0 aromatic heterocycles. The number of hydrogen-bond donors (Lipinski definition) is 0. The second-order valence-corrected chi connectivity index (χ2v) is 2.64. The van der Waals surface area contributed by atoms with E-state index in [4.69, 9.17) is 0 Å². The summed E-state index contributed by atoms with van der Waals surface area (Å²) in [6.07, 6.45) is 2.23. The van der Waals surface area contributed by atoms with Crippen LogP contribution in [0.2, 0.25) is 0 Å². The quantitative estimate of drug-likeness (QED) is 0.262. The third-order valence-electron chi connectivity index (χ3n) is 1.28. The van der Waals surface area contributed by atoms with E-state index < -0.39 is 23.9 Å². The number of carbonyl (C=O) groups is 4. The van der Waals surface area contributed by atoms with Crippen molar-refractivity contribution < 1.29 is 38.9 Å². The van der Waals surface area contributed by atoms with Crippen LogP contribution in [0.5, 0.6) is 0 Å². The van der Waals surface area contributed by atoms with E-state index in [0.29, 0.717) is 24.3 Å². The molecule has 8 heteroatoms. The van der Waals surface area contributed by atoms with Crippen LogP contribution in [-0.2, 0) is 28.7 Å². The monoisotopic (exact) mass is 256 g/mol. The van der Waals surface area contributed by atoms with Gasteiger partial charge in [-0.1, -0.05) is 0 Å². The van der Waals surface area contributed by atoms with Gasteiger partial charge in [0.15, 0.2) is 0 Å². The SMILES string of the molecule is O=C([O-])C=CC(=O)OCCOC(=O)C=CC(=O)[O-]. The van der Waals surface area contributed by atoms with Crippen molar-refractivity contribution in [3.8, 4) is 0 Å². The highest BCUT2D eigenvalue weighted by atomic mass is 16.6. The molecular formula is C10H8O8-2. The molecule has 0 rings (SSSR count). The second kappa shape index (κ2) is 8.50. The molecule has 0 bridgehead atoms. The molecule has 18 heavy (non-hydrogen) atoms. The number of carbonyl (C=O) groups excluding carboxylic acids is 4. The predicted molar refractivity (Wildman–Crippen MR) is 50.2 cm³/mol.